The first-order valence-electron chi connectivity index (χ1n) is 5.13. The van der Waals surface area contributed by atoms with Crippen LogP contribution in [0.3, 0.4) is 0 Å². The van der Waals surface area contributed by atoms with Crippen LogP contribution in [0.25, 0.3) is 0 Å². The van der Waals surface area contributed by atoms with E-state index in [9.17, 15) is 0 Å². The molecule has 3 N–H and O–H groups in total. The Labute approximate surface area is 103 Å². The molecule has 5 heteroatoms. The lowest BCUT2D eigenvalue weighted by Crippen LogP contribution is -2.23. The van der Waals surface area contributed by atoms with Crippen molar-refractivity contribution in [3.8, 4) is 5.75 Å². The fourth-order valence-electron chi connectivity index (χ4n) is 1.30. The number of benzene rings is 1. The van der Waals surface area contributed by atoms with Gasteiger partial charge in [0.05, 0.1) is 18.8 Å². The summed E-state index contributed by atoms with van der Waals surface area (Å²) < 4.78 is 6.08. The van der Waals surface area contributed by atoms with E-state index in [0.29, 0.717) is 12.0 Å². The molecule has 0 spiro atoms. The summed E-state index contributed by atoms with van der Waals surface area (Å²) in [6.07, 6.45) is 2.28. The van der Waals surface area contributed by atoms with Crippen LogP contribution in [0.1, 0.15) is 12.8 Å². The number of nitrogens with zero attached hydrogens (tertiary/aromatic N) is 1. The van der Waals surface area contributed by atoms with Crippen molar-refractivity contribution in [3.63, 3.8) is 0 Å². The molecule has 0 atom stereocenters. The number of anilines is 1. The number of halogens is 1. The van der Waals surface area contributed by atoms with Gasteiger partial charge in [0.1, 0.15) is 5.75 Å². The van der Waals surface area contributed by atoms with Gasteiger partial charge in [-0.2, -0.15) is 0 Å². The number of rotatable bonds is 3. The van der Waals surface area contributed by atoms with Gasteiger partial charge in [-0.1, -0.05) is 0 Å². The zero-order valence-corrected chi connectivity index (χ0v) is 10.6. The molecule has 1 saturated carbocycles. The number of methoxy groups -OCH3 is 1. The molecule has 0 radical (unpaired) electrons. The number of ether oxygens (including phenoxy) is 1. The number of hydrogen-bond acceptors (Lipinski definition) is 2. The van der Waals surface area contributed by atoms with Crippen LogP contribution in [-0.4, -0.2) is 19.1 Å². The third-order valence-electron chi connectivity index (χ3n) is 2.30. The Bertz CT molecular complexity index is 416. The summed E-state index contributed by atoms with van der Waals surface area (Å²) in [5.74, 6) is 1.24. The maximum absolute atomic E-state index is 5.78. The minimum atomic E-state index is 0.414. The lowest BCUT2D eigenvalue weighted by molar-refractivity contribution is 0.415. The van der Waals surface area contributed by atoms with E-state index in [1.807, 2.05) is 18.2 Å². The number of hydrogen-bond donors (Lipinski definition) is 2. The molecule has 0 bridgehead atoms. The number of aliphatic imine (C=N–C) groups is 1. The molecule has 1 aromatic rings. The molecule has 0 aromatic heterocycles. The zero-order chi connectivity index (χ0) is 11.5. The fraction of sp³-hybridized carbons (Fsp3) is 0.364. The van der Waals surface area contributed by atoms with Crippen LogP contribution in [0.5, 0.6) is 5.75 Å². The van der Waals surface area contributed by atoms with Crippen molar-refractivity contribution >= 4 is 27.6 Å². The van der Waals surface area contributed by atoms with Crippen molar-refractivity contribution in [2.45, 2.75) is 18.9 Å². The van der Waals surface area contributed by atoms with Crippen molar-refractivity contribution < 1.29 is 4.74 Å². The summed E-state index contributed by atoms with van der Waals surface area (Å²) in [4.78, 5) is 4.30. The SMILES string of the molecule is COc1ccc(Br)c(NC(N)=NC2CC2)c1. The number of nitrogens with one attached hydrogen (secondary N) is 1. The molecule has 1 fully saturated rings. The lowest BCUT2D eigenvalue weighted by atomic mass is 10.3. The first kappa shape index (κ1) is 11.3. The Morgan fingerprint density at radius 3 is 2.94 bits per heavy atom. The van der Waals surface area contributed by atoms with Gasteiger partial charge < -0.3 is 15.8 Å². The van der Waals surface area contributed by atoms with Gasteiger partial charge in [-0.25, -0.2) is 4.99 Å². The maximum Gasteiger partial charge on any atom is 0.193 e. The summed E-state index contributed by atoms with van der Waals surface area (Å²) in [6, 6.07) is 6.07. The minimum Gasteiger partial charge on any atom is -0.497 e. The average molecular weight is 284 g/mol. The van der Waals surface area contributed by atoms with Gasteiger partial charge in [0.15, 0.2) is 5.96 Å². The Morgan fingerprint density at radius 2 is 2.31 bits per heavy atom. The van der Waals surface area contributed by atoms with Gasteiger partial charge in [0.2, 0.25) is 0 Å². The van der Waals surface area contributed by atoms with Crippen LogP contribution < -0.4 is 15.8 Å². The van der Waals surface area contributed by atoms with E-state index in [1.54, 1.807) is 7.11 Å². The third kappa shape index (κ3) is 2.88. The third-order valence-corrected chi connectivity index (χ3v) is 3.00. The van der Waals surface area contributed by atoms with Crippen LogP contribution in [0.15, 0.2) is 27.7 Å². The molecule has 1 aliphatic carbocycles. The summed E-state index contributed by atoms with van der Waals surface area (Å²) in [5, 5.41) is 3.06. The van der Waals surface area contributed by atoms with Gasteiger partial charge in [-0.05, 0) is 40.9 Å². The van der Waals surface area contributed by atoms with E-state index < -0.39 is 0 Å². The monoisotopic (exact) mass is 283 g/mol. The molecule has 16 heavy (non-hydrogen) atoms. The molecule has 1 aliphatic rings. The highest BCUT2D eigenvalue weighted by atomic mass is 79.9. The zero-order valence-electron chi connectivity index (χ0n) is 9.03. The standard InChI is InChI=1S/C11H14BrN3O/c1-16-8-4-5-9(12)10(6-8)15-11(13)14-7-2-3-7/h4-7H,2-3H2,1H3,(H3,13,14,15). The van der Waals surface area contributed by atoms with E-state index in [0.717, 1.165) is 28.8 Å². The first-order valence-corrected chi connectivity index (χ1v) is 5.92. The Kier molecular flexibility index (Phi) is 3.33. The Hall–Kier alpha value is -1.23. The predicted octanol–water partition coefficient (Wildman–Crippen LogP) is 2.35. The second-order valence-corrected chi connectivity index (χ2v) is 4.57. The van der Waals surface area contributed by atoms with Crippen LogP contribution >= 0.6 is 15.9 Å². The summed E-state index contributed by atoms with van der Waals surface area (Å²) in [7, 11) is 1.63. The largest absolute Gasteiger partial charge is 0.497 e. The molecule has 0 unspecified atom stereocenters. The van der Waals surface area contributed by atoms with Gasteiger partial charge in [0.25, 0.3) is 0 Å². The molecular formula is C11H14BrN3O. The molecule has 4 nitrogen and oxygen atoms in total. The molecule has 0 aliphatic heterocycles. The summed E-state index contributed by atoms with van der Waals surface area (Å²) >= 11 is 3.44. The van der Waals surface area contributed by atoms with Crippen molar-refractivity contribution in [1.82, 2.24) is 0 Å². The summed E-state index contributed by atoms with van der Waals surface area (Å²) in [5.41, 5.74) is 6.65. The van der Waals surface area contributed by atoms with Gasteiger partial charge in [-0.15, -0.1) is 0 Å². The van der Waals surface area contributed by atoms with Crippen molar-refractivity contribution in [2.75, 3.05) is 12.4 Å². The smallest absolute Gasteiger partial charge is 0.193 e. The van der Waals surface area contributed by atoms with Crippen LogP contribution in [0.2, 0.25) is 0 Å². The van der Waals surface area contributed by atoms with Gasteiger partial charge >= 0.3 is 0 Å². The number of nitrogens with two attached hydrogens (primary N) is 1. The second kappa shape index (κ2) is 4.74. The van der Waals surface area contributed by atoms with Crippen LogP contribution in [0.4, 0.5) is 5.69 Å². The Morgan fingerprint density at radius 1 is 1.56 bits per heavy atom. The Balaban J connectivity index is 2.12. The summed E-state index contributed by atoms with van der Waals surface area (Å²) in [6.45, 7) is 0. The second-order valence-electron chi connectivity index (χ2n) is 3.72. The van der Waals surface area contributed by atoms with Gasteiger partial charge in [-0.3, -0.25) is 0 Å². The average Bonchev–Trinajstić information content (AvgIpc) is 3.05. The van der Waals surface area contributed by atoms with E-state index in [-0.39, 0.29) is 0 Å². The van der Waals surface area contributed by atoms with E-state index in [1.165, 1.54) is 0 Å². The molecular weight excluding hydrogens is 270 g/mol. The maximum atomic E-state index is 5.78. The molecule has 0 heterocycles. The molecule has 2 rings (SSSR count). The number of guanidine groups is 1. The highest BCUT2D eigenvalue weighted by molar-refractivity contribution is 9.10. The normalized spacial score (nSPS) is 16.0. The quantitative estimate of drug-likeness (QED) is 0.661. The predicted molar refractivity (Wildman–Crippen MR) is 69.0 cm³/mol. The lowest BCUT2D eigenvalue weighted by Gasteiger charge is -2.09. The molecule has 0 saturated heterocycles. The van der Waals surface area contributed by atoms with E-state index >= 15 is 0 Å². The van der Waals surface area contributed by atoms with E-state index in [4.69, 9.17) is 10.5 Å². The molecule has 0 amide bonds. The highest BCUT2D eigenvalue weighted by Crippen LogP contribution is 2.27. The minimum absolute atomic E-state index is 0.414. The fourth-order valence-corrected chi connectivity index (χ4v) is 1.64. The van der Waals surface area contributed by atoms with Crippen LogP contribution in [0, 0.1) is 0 Å². The van der Waals surface area contributed by atoms with Gasteiger partial charge in [0, 0.05) is 10.5 Å². The van der Waals surface area contributed by atoms with E-state index in [2.05, 4.69) is 26.2 Å². The van der Waals surface area contributed by atoms with Crippen molar-refractivity contribution in [2.24, 2.45) is 10.7 Å². The molecule has 1 aromatic carbocycles. The highest BCUT2D eigenvalue weighted by Gasteiger charge is 2.20. The molecule has 86 valence electrons. The van der Waals surface area contributed by atoms with Crippen molar-refractivity contribution in [3.05, 3.63) is 22.7 Å². The van der Waals surface area contributed by atoms with Crippen LogP contribution in [-0.2, 0) is 0 Å². The van der Waals surface area contributed by atoms with Crippen molar-refractivity contribution in [1.29, 1.82) is 0 Å². The first-order chi connectivity index (χ1) is 7.69. The topological polar surface area (TPSA) is 59.6 Å².